The number of hydrogen-bond acceptors (Lipinski definition) is 2. The van der Waals surface area contributed by atoms with Crippen molar-refractivity contribution < 1.29 is 14.7 Å². The molecule has 0 radical (unpaired) electrons. The van der Waals surface area contributed by atoms with Gasteiger partial charge in [0.2, 0.25) is 0 Å². The Kier molecular flexibility index (Phi) is 4.48. The molecule has 0 aliphatic rings. The average Bonchev–Trinajstić information content (AvgIpc) is 2.23. The maximum absolute atomic E-state index is 12.0. The summed E-state index contributed by atoms with van der Waals surface area (Å²) in [7, 11) is 0. The number of rotatable bonds is 4. The van der Waals surface area contributed by atoms with Crippen molar-refractivity contribution in [2.24, 2.45) is 5.92 Å². The number of nitrogens with one attached hydrogen (secondary N) is 1. The summed E-state index contributed by atoms with van der Waals surface area (Å²) < 4.78 is 0. The molecular formula is C14H19NO3. The lowest BCUT2D eigenvalue weighted by Crippen LogP contribution is -2.44. The molecule has 18 heavy (non-hydrogen) atoms. The number of carboxylic acids is 1. The van der Waals surface area contributed by atoms with Crippen LogP contribution in [0.15, 0.2) is 18.2 Å². The quantitative estimate of drug-likeness (QED) is 0.859. The summed E-state index contributed by atoms with van der Waals surface area (Å²) in [6, 6.07) is 4.61. The number of hydrogen-bond donors (Lipinski definition) is 2. The Morgan fingerprint density at radius 3 is 2.00 bits per heavy atom. The standard InChI is InChI=1S/C14H19NO3/c1-8(2)12(14(17)18)15-13(16)11-6-9(3)5-10(4)7-11/h5-8,12H,1-4H3,(H,15,16)(H,17,18)/t12-/m1/s1. The molecule has 0 heterocycles. The summed E-state index contributed by atoms with van der Waals surface area (Å²) in [5.41, 5.74) is 2.47. The van der Waals surface area contributed by atoms with Gasteiger partial charge in [0.25, 0.3) is 5.91 Å². The second kappa shape index (κ2) is 5.67. The molecule has 1 amide bonds. The van der Waals surface area contributed by atoms with Crippen LogP contribution in [0.4, 0.5) is 0 Å². The van der Waals surface area contributed by atoms with Gasteiger partial charge in [0.15, 0.2) is 0 Å². The molecule has 98 valence electrons. The second-order valence-corrected chi connectivity index (χ2v) is 4.91. The van der Waals surface area contributed by atoms with Crippen LogP contribution in [0.25, 0.3) is 0 Å². The fourth-order valence-corrected chi connectivity index (χ4v) is 1.84. The topological polar surface area (TPSA) is 66.4 Å². The molecular weight excluding hydrogens is 230 g/mol. The van der Waals surface area contributed by atoms with E-state index in [0.29, 0.717) is 5.56 Å². The van der Waals surface area contributed by atoms with Crippen molar-refractivity contribution in [3.05, 3.63) is 34.9 Å². The van der Waals surface area contributed by atoms with Crippen LogP contribution in [-0.2, 0) is 4.79 Å². The first-order valence-corrected chi connectivity index (χ1v) is 5.93. The molecule has 0 bridgehead atoms. The minimum absolute atomic E-state index is 0.155. The molecule has 0 saturated carbocycles. The third-order valence-electron chi connectivity index (χ3n) is 2.70. The van der Waals surface area contributed by atoms with E-state index >= 15 is 0 Å². The first-order chi connectivity index (χ1) is 8.31. The summed E-state index contributed by atoms with van der Waals surface area (Å²) in [5.74, 6) is -1.51. The highest BCUT2D eigenvalue weighted by Crippen LogP contribution is 2.10. The zero-order valence-corrected chi connectivity index (χ0v) is 11.2. The maximum Gasteiger partial charge on any atom is 0.326 e. The van der Waals surface area contributed by atoms with Crippen molar-refractivity contribution in [3.8, 4) is 0 Å². The molecule has 0 aliphatic heterocycles. The van der Waals surface area contributed by atoms with Crippen molar-refractivity contribution in [2.45, 2.75) is 33.7 Å². The molecule has 4 nitrogen and oxygen atoms in total. The zero-order chi connectivity index (χ0) is 13.9. The van der Waals surface area contributed by atoms with Crippen LogP contribution in [0, 0.1) is 19.8 Å². The molecule has 0 spiro atoms. The molecule has 0 fully saturated rings. The van der Waals surface area contributed by atoms with Crippen LogP contribution in [0.3, 0.4) is 0 Å². The van der Waals surface area contributed by atoms with E-state index in [4.69, 9.17) is 5.11 Å². The Labute approximate surface area is 107 Å². The van der Waals surface area contributed by atoms with Gasteiger partial charge in [-0.2, -0.15) is 0 Å². The van der Waals surface area contributed by atoms with E-state index in [-0.39, 0.29) is 11.8 Å². The number of carbonyl (C=O) groups is 2. The molecule has 0 aliphatic carbocycles. The third kappa shape index (κ3) is 3.58. The molecule has 0 unspecified atom stereocenters. The maximum atomic E-state index is 12.0. The number of aliphatic carboxylic acids is 1. The van der Waals surface area contributed by atoms with Gasteiger partial charge in [0.1, 0.15) is 6.04 Å². The predicted molar refractivity (Wildman–Crippen MR) is 69.6 cm³/mol. The molecule has 0 aromatic heterocycles. The average molecular weight is 249 g/mol. The Morgan fingerprint density at radius 2 is 1.61 bits per heavy atom. The second-order valence-electron chi connectivity index (χ2n) is 4.91. The van der Waals surface area contributed by atoms with Gasteiger partial charge in [0.05, 0.1) is 0 Å². The summed E-state index contributed by atoms with van der Waals surface area (Å²) in [5, 5.41) is 11.6. The number of benzene rings is 1. The highest BCUT2D eigenvalue weighted by atomic mass is 16.4. The van der Waals surface area contributed by atoms with Crippen molar-refractivity contribution in [1.82, 2.24) is 5.32 Å². The third-order valence-corrected chi connectivity index (χ3v) is 2.70. The lowest BCUT2D eigenvalue weighted by Gasteiger charge is -2.18. The van der Waals surface area contributed by atoms with Gasteiger partial charge in [0, 0.05) is 5.56 Å². The molecule has 2 N–H and O–H groups in total. The number of aryl methyl sites for hydroxylation is 2. The van der Waals surface area contributed by atoms with Gasteiger partial charge < -0.3 is 10.4 Å². The zero-order valence-electron chi connectivity index (χ0n) is 11.2. The van der Waals surface area contributed by atoms with Crippen molar-refractivity contribution in [3.63, 3.8) is 0 Å². The van der Waals surface area contributed by atoms with Crippen molar-refractivity contribution in [1.29, 1.82) is 0 Å². The Hall–Kier alpha value is -1.84. The number of carbonyl (C=O) groups excluding carboxylic acids is 1. The van der Waals surface area contributed by atoms with E-state index in [1.165, 1.54) is 0 Å². The first kappa shape index (κ1) is 14.2. The molecule has 1 aromatic carbocycles. The fourth-order valence-electron chi connectivity index (χ4n) is 1.84. The van der Waals surface area contributed by atoms with Crippen molar-refractivity contribution >= 4 is 11.9 Å². The Morgan fingerprint density at radius 1 is 1.11 bits per heavy atom. The van der Waals surface area contributed by atoms with E-state index in [2.05, 4.69) is 5.32 Å². The van der Waals surface area contributed by atoms with Gasteiger partial charge in [-0.15, -0.1) is 0 Å². The molecule has 0 saturated heterocycles. The summed E-state index contributed by atoms with van der Waals surface area (Å²) in [6.07, 6.45) is 0. The van der Waals surface area contributed by atoms with Gasteiger partial charge >= 0.3 is 5.97 Å². The summed E-state index contributed by atoms with van der Waals surface area (Å²) in [4.78, 5) is 23.0. The lowest BCUT2D eigenvalue weighted by molar-refractivity contribution is -0.140. The minimum atomic E-state index is -1.01. The van der Waals surface area contributed by atoms with Crippen LogP contribution in [0.1, 0.15) is 35.3 Å². The first-order valence-electron chi connectivity index (χ1n) is 5.93. The highest BCUT2D eigenvalue weighted by molar-refractivity contribution is 5.96. The molecule has 4 heteroatoms. The normalized spacial score (nSPS) is 12.3. The van der Waals surface area contributed by atoms with E-state index in [9.17, 15) is 9.59 Å². The summed E-state index contributed by atoms with van der Waals surface area (Å²) >= 11 is 0. The van der Waals surface area contributed by atoms with E-state index in [1.807, 2.05) is 19.9 Å². The predicted octanol–water partition coefficient (Wildman–Crippen LogP) is 2.14. The van der Waals surface area contributed by atoms with E-state index < -0.39 is 12.0 Å². The van der Waals surface area contributed by atoms with Gasteiger partial charge in [-0.25, -0.2) is 4.79 Å². The summed E-state index contributed by atoms with van der Waals surface area (Å²) in [6.45, 7) is 7.34. The SMILES string of the molecule is Cc1cc(C)cc(C(=O)N[C@@H](C(=O)O)C(C)C)c1. The van der Waals surface area contributed by atoms with Crippen LogP contribution in [-0.4, -0.2) is 23.0 Å². The molecule has 1 aromatic rings. The van der Waals surface area contributed by atoms with Crippen LogP contribution in [0.2, 0.25) is 0 Å². The fraction of sp³-hybridized carbons (Fsp3) is 0.429. The van der Waals surface area contributed by atoms with Crippen LogP contribution >= 0.6 is 0 Å². The van der Waals surface area contributed by atoms with E-state index in [1.54, 1.807) is 26.0 Å². The van der Waals surface area contributed by atoms with Crippen LogP contribution in [0.5, 0.6) is 0 Å². The smallest absolute Gasteiger partial charge is 0.326 e. The van der Waals surface area contributed by atoms with Gasteiger partial charge in [-0.3, -0.25) is 4.79 Å². The highest BCUT2D eigenvalue weighted by Gasteiger charge is 2.23. The lowest BCUT2D eigenvalue weighted by atomic mass is 10.0. The monoisotopic (exact) mass is 249 g/mol. The molecule has 1 atom stereocenters. The Bertz CT molecular complexity index is 446. The van der Waals surface area contributed by atoms with Gasteiger partial charge in [-0.05, 0) is 31.9 Å². The minimum Gasteiger partial charge on any atom is -0.480 e. The number of amides is 1. The Balaban J connectivity index is 2.90. The van der Waals surface area contributed by atoms with Crippen LogP contribution < -0.4 is 5.32 Å². The van der Waals surface area contributed by atoms with Gasteiger partial charge in [-0.1, -0.05) is 31.0 Å². The number of carboxylic acid groups (broad SMARTS) is 1. The largest absolute Gasteiger partial charge is 0.480 e. The van der Waals surface area contributed by atoms with Crippen molar-refractivity contribution in [2.75, 3.05) is 0 Å². The molecule has 1 rings (SSSR count). The van der Waals surface area contributed by atoms with E-state index in [0.717, 1.165) is 11.1 Å².